The Balaban J connectivity index is 1.44. The predicted octanol–water partition coefficient (Wildman–Crippen LogP) is 0.920. The minimum atomic E-state index is -0.109. The number of nitrogens with one attached hydrogen (secondary N) is 2. The van der Waals surface area contributed by atoms with E-state index in [1.165, 1.54) is 0 Å². The summed E-state index contributed by atoms with van der Waals surface area (Å²) in [5.74, 6) is 0.293. The van der Waals surface area contributed by atoms with E-state index < -0.39 is 0 Å². The maximum Gasteiger partial charge on any atom is 0.279 e. The summed E-state index contributed by atoms with van der Waals surface area (Å²) >= 11 is 0. The van der Waals surface area contributed by atoms with E-state index in [9.17, 15) is 9.59 Å². The lowest BCUT2D eigenvalue weighted by Gasteiger charge is -2.31. The second-order valence-corrected chi connectivity index (χ2v) is 7.52. The zero-order chi connectivity index (χ0) is 21.5. The van der Waals surface area contributed by atoms with Gasteiger partial charge in [0.2, 0.25) is 0 Å². The normalized spacial score (nSPS) is 14.1. The Hall–Kier alpha value is -3.37. The van der Waals surface area contributed by atoms with E-state index in [-0.39, 0.29) is 18.4 Å². The summed E-state index contributed by atoms with van der Waals surface area (Å²) in [4.78, 5) is 27.8. The molecule has 1 aliphatic heterocycles. The van der Waals surface area contributed by atoms with Gasteiger partial charge >= 0.3 is 0 Å². The third kappa shape index (κ3) is 5.37. The highest BCUT2D eigenvalue weighted by Crippen LogP contribution is 2.19. The highest BCUT2D eigenvalue weighted by atomic mass is 16.5. The number of nitrogens with zero attached hydrogens (tertiary/aromatic N) is 2. The molecule has 0 atom stereocenters. The van der Waals surface area contributed by atoms with Crippen LogP contribution in [0.15, 0.2) is 42.5 Å². The number of carbonyl (C=O) groups excluding carboxylic acids is 2. The van der Waals surface area contributed by atoms with Crippen molar-refractivity contribution in [3.05, 3.63) is 59.2 Å². The van der Waals surface area contributed by atoms with Gasteiger partial charge in [0, 0.05) is 5.69 Å². The zero-order valence-corrected chi connectivity index (χ0v) is 17.4. The molecule has 1 aliphatic rings. The van der Waals surface area contributed by atoms with E-state index in [1.54, 1.807) is 29.2 Å². The first-order chi connectivity index (χ1) is 14.5. The van der Waals surface area contributed by atoms with Crippen LogP contribution in [0.3, 0.4) is 0 Å². The van der Waals surface area contributed by atoms with E-state index in [1.807, 2.05) is 32.0 Å². The number of benzene rings is 2. The van der Waals surface area contributed by atoms with E-state index in [0.29, 0.717) is 44.0 Å². The van der Waals surface area contributed by atoms with Gasteiger partial charge in [-0.1, -0.05) is 30.3 Å². The lowest BCUT2D eigenvalue weighted by Crippen LogP contribution is -3.15. The SMILES string of the molecule is Cc1cccc(C)c1NC(=O)C[NH+]1CCN(C(=O)COc2ccccc2C#N)CC1. The fourth-order valence-corrected chi connectivity index (χ4v) is 3.59. The Morgan fingerprint density at radius 3 is 2.43 bits per heavy atom. The van der Waals surface area contributed by atoms with Gasteiger partial charge in [-0.05, 0) is 37.1 Å². The monoisotopic (exact) mass is 407 g/mol. The highest BCUT2D eigenvalue weighted by molar-refractivity contribution is 5.93. The average molecular weight is 407 g/mol. The summed E-state index contributed by atoms with van der Waals surface area (Å²) in [6.45, 7) is 6.82. The van der Waals surface area contributed by atoms with Crippen molar-refractivity contribution < 1.29 is 19.2 Å². The molecule has 3 rings (SSSR count). The molecule has 2 aromatic rings. The number of carbonyl (C=O) groups is 2. The lowest BCUT2D eigenvalue weighted by atomic mass is 10.1. The number of aryl methyl sites for hydroxylation is 2. The first-order valence-electron chi connectivity index (χ1n) is 10.1. The summed E-state index contributed by atoms with van der Waals surface area (Å²) < 4.78 is 5.54. The van der Waals surface area contributed by atoms with Gasteiger partial charge < -0.3 is 19.9 Å². The van der Waals surface area contributed by atoms with Gasteiger partial charge in [0.25, 0.3) is 11.8 Å². The molecule has 0 unspecified atom stereocenters. The van der Waals surface area contributed by atoms with Crippen molar-refractivity contribution in [2.24, 2.45) is 0 Å². The molecule has 156 valence electrons. The van der Waals surface area contributed by atoms with Crippen molar-refractivity contribution in [2.45, 2.75) is 13.8 Å². The molecule has 1 fully saturated rings. The quantitative estimate of drug-likeness (QED) is 0.746. The first-order valence-corrected chi connectivity index (χ1v) is 10.1. The van der Waals surface area contributed by atoms with Gasteiger partial charge in [-0.3, -0.25) is 9.59 Å². The molecule has 0 radical (unpaired) electrons. The number of nitriles is 1. The molecule has 0 aliphatic carbocycles. The molecule has 2 aromatic carbocycles. The first kappa shape index (κ1) is 21.3. The summed E-state index contributed by atoms with van der Waals surface area (Å²) in [6.07, 6.45) is 0. The Bertz CT molecular complexity index is 939. The number of rotatable bonds is 6. The average Bonchev–Trinajstić information content (AvgIpc) is 2.75. The van der Waals surface area contributed by atoms with E-state index in [2.05, 4.69) is 11.4 Å². The molecule has 0 spiro atoms. The Morgan fingerprint density at radius 1 is 1.10 bits per heavy atom. The van der Waals surface area contributed by atoms with Crippen LogP contribution in [-0.2, 0) is 9.59 Å². The van der Waals surface area contributed by atoms with Crippen molar-refractivity contribution in [3.63, 3.8) is 0 Å². The van der Waals surface area contributed by atoms with Crippen LogP contribution < -0.4 is 15.0 Å². The predicted molar refractivity (Wildman–Crippen MR) is 113 cm³/mol. The molecular weight excluding hydrogens is 380 g/mol. The fourth-order valence-electron chi connectivity index (χ4n) is 3.59. The minimum absolute atomic E-state index is 0.0152. The molecule has 7 heteroatoms. The molecule has 1 heterocycles. The van der Waals surface area contributed by atoms with E-state index in [0.717, 1.165) is 21.7 Å². The van der Waals surface area contributed by atoms with Crippen molar-refractivity contribution in [2.75, 3.05) is 44.6 Å². The third-order valence-corrected chi connectivity index (χ3v) is 5.34. The smallest absolute Gasteiger partial charge is 0.279 e. The summed E-state index contributed by atoms with van der Waals surface area (Å²) in [7, 11) is 0. The van der Waals surface area contributed by atoms with Crippen LogP contribution in [0.1, 0.15) is 16.7 Å². The standard InChI is InChI=1S/C23H26N4O3/c1-17-6-5-7-18(2)23(17)25-21(28)15-26-10-12-27(13-11-26)22(29)16-30-20-9-4-3-8-19(20)14-24/h3-9H,10-13,15-16H2,1-2H3,(H,25,28)/p+1. The Kier molecular flexibility index (Phi) is 7.04. The highest BCUT2D eigenvalue weighted by Gasteiger charge is 2.25. The Labute approximate surface area is 176 Å². The molecule has 2 amide bonds. The van der Waals surface area contributed by atoms with Gasteiger partial charge in [0.05, 0.1) is 31.7 Å². The molecule has 0 bridgehead atoms. The van der Waals surface area contributed by atoms with Crippen LogP contribution in [0.5, 0.6) is 5.75 Å². The lowest BCUT2D eigenvalue weighted by molar-refractivity contribution is -0.895. The van der Waals surface area contributed by atoms with Gasteiger partial charge in [-0.15, -0.1) is 0 Å². The molecule has 1 saturated heterocycles. The van der Waals surface area contributed by atoms with Crippen LogP contribution in [0, 0.1) is 25.2 Å². The van der Waals surface area contributed by atoms with Crippen LogP contribution in [0.2, 0.25) is 0 Å². The topological polar surface area (TPSA) is 86.9 Å². The number of hydrogen-bond acceptors (Lipinski definition) is 4. The molecule has 0 aromatic heterocycles. The fraction of sp³-hybridized carbons (Fsp3) is 0.348. The molecule has 2 N–H and O–H groups in total. The van der Waals surface area contributed by atoms with Crippen molar-refractivity contribution in [1.82, 2.24) is 4.90 Å². The summed E-state index contributed by atoms with van der Waals surface area (Å²) in [6, 6.07) is 14.9. The van der Waals surface area contributed by atoms with Crippen molar-refractivity contribution in [1.29, 1.82) is 5.26 Å². The number of anilines is 1. The molecule has 30 heavy (non-hydrogen) atoms. The van der Waals surface area contributed by atoms with Gasteiger partial charge in [-0.2, -0.15) is 5.26 Å². The van der Waals surface area contributed by atoms with Gasteiger partial charge in [-0.25, -0.2) is 0 Å². The molecular formula is C23H27N4O3+. The molecule has 0 saturated carbocycles. The number of piperazine rings is 1. The summed E-state index contributed by atoms with van der Waals surface area (Å²) in [5, 5.41) is 12.1. The summed E-state index contributed by atoms with van der Waals surface area (Å²) in [5.41, 5.74) is 3.39. The number of amides is 2. The Morgan fingerprint density at radius 2 is 1.77 bits per heavy atom. The van der Waals surface area contributed by atoms with Crippen molar-refractivity contribution >= 4 is 17.5 Å². The van der Waals surface area contributed by atoms with Crippen LogP contribution in [0.4, 0.5) is 5.69 Å². The zero-order valence-electron chi connectivity index (χ0n) is 17.4. The van der Waals surface area contributed by atoms with Crippen LogP contribution in [0.25, 0.3) is 0 Å². The van der Waals surface area contributed by atoms with Gasteiger partial charge in [0.15, 0.2) is 13.2 Å². The minimum Gasteiger partial charge on any atom is -0.482 e. The number of hydrogen-bond donors (Lipinski definition) is 2. The number of ether oxygens (including phenoxy) is 1. The second-order valence-electron chi connectivity index (χ2n) is 7.52. The third-order valence-electron chi connectivity index (χ3n) is 5.34. The number of para-hydroxylation sites is 2. The van der Waals surface area contributed by atoms with Crippen molar-refractivity contribution in [3.8, 4) is 11.8 Å². The maximum absolute atomic E-state index is 12.5. The second kappa shape index (κ2) is 9.90. The van der Waals surface area contributed by atoms with Gasteiger partial charge in [0.1, 0.15) is 11.8 Å². The van der Waals surface area contributed by atoms with Crippen LogP contribution >= 0.6 is 0 Å². The van der Waals surface area contributed by atoms with E-state index in [4.69, 9.17) is 10.00 Å². The number of quaternary nitrogens is 1. The van der Waals surface area contributed by atoms with Crippen LogP contribution in [-0.4, -0.2) is 56.0 Å². The molecule has 7 nitrogen and oxygen atoms in total. The maximum atomic E-state index is 12.5. The van der Waals surface area contributed by atoms with E-state index >= 15 is 0 Å². The largest absolute Gasteiger partial charge is 0.482 e.